The molecule has 0 aliphatic rings. The van der Waals surface area contributed by atoms with Crippen LogP contribution in [0.15, 0.2) is 48.5 Å². The number of hydrogen-bond donors (Lipinski definition) is 0. The van der Waals surface area contributed by atoms with Crippen LogP contribution in [0.2, 0.25) is 39.3 Å². The van der Waals surface area contributed by atoms with Crippen molar-refractivity contribution in [2.24, 2.45) is 0 Å². The molecule has 0 spiro atoms. The molecule has 3 heteroatoms. The topological polar surface area (TPSA) is 0 Å². The van der Waals surface area contributed by atoms with Gasteiger partial charge in [0.25, 0.3) is 0 Å². The van der Waals surface area contributed by atoms with Crippen molar-refractivity contribution in [3.63, 3.8) is 0 Å². The van der Waals surface area contributed by atoms with Crippen molar-refractivity contribution >= 4 is 26.5 Å². The molecule has 0 saturated carbocycles. The molecule has 0 aromatic heterocycles. The average Bonchev–Trinajstić information content (AvgIpc) is 2.91. The van der Waals surface area contributed by atoms with E-state index in [2.05, 4.69) is 87.8 Å². The maximum Gasteiger partial charge on any atom is 0.0147 e. The Balaban J connectivity index is 0.000000324. The van der Waals surface area contributed by atoms with Crippen LogP contribution in [0.25, 0.3) is 0 Å². The minimum absolute atomic E-state index is 0. The molecule has 0 nitrogen and oxygen atoms in total. The summed E-state index contributed by atoms with van der Waals surface area (Å²) in [7, 11) is -1.96. The Hall–Kier alpha value is 0.00390. The van der Waals surface area contributed by atoms with Crippen LogP contribution in [0, 0.1) is 0 Å². The summed E-state index contributed by atoms with van der Waals surface area (Å²) in [5.41, 5.74) is 0. The molecule has 0 amide bonds. The van der Waals surface area contributed by atoms with Gasteiger partial charge in [-0.05, 0) is 0 Å². The van der Waals surface area contributed by atoms with Crippen molar-refractivity contribution in [3.8, 4) is 0 Å². The van der Waals surface area contributed by atoms with Gasteiger partial charge in [0.15, 0.2) is 0 Å². The number of hydrogen-bond acceptors (Lipinski definition) is 0. The van der Waals surface area contributed by atoms with Crippen molar-refractivity contribution < 1.29 is 25.8 Å². The Bertz CT molecular complexity index is 384. The van der Waals surface area contributed by atoms with Crippen molar-refractivity contribution in [2.45, 2.75) is 39.3 Å². The van der Waals surface area contributed by atoms with E-state index >= 15 is 0 Å². The van der Waals surface area contributed by atoms with Gasteiger partial charge in [-0.3, -0.25) is 0 Å². The first-order valence-corrected chi connectivity index (χ1v) is 13.7. The molecule has 0 N–H and O–H groups in total. The summed E-state index contributed by atoms with van der Waals surface area (Å²) in [6.07, 6.45) is 0. The van der Waals surface area contributed by atoms with Crippen LogP contribution in [0.3, 0.4) is 0 Å². The van der Waals surface area contributed by atoms with E-state index < -0.39 is 16.1 Å². The average molecular weight is 453 g/mol. The summed E-state index contributed by atoms with van der Waals surface area (Å²) in [4.78, 5) is 0. The molecule has 0 heterocycles. The van der Waals surface area contributed by atoms with Crippen LogP contribution in [-0.2, 0) is 25.8 Å². The molecule has 0 radical (unpaired) electrons. The second-order valence-electron chi connectivity index (χ2n) is 6.85. The molecule has 2 aromatic rings. The zero-order chi connectivity index (χ0) is 13.8. The fourth-order valence-corrected chi connectivity index (χ4v) is 4.13. The monoisotopic (exact) mass is 454 g/mol. The van der Waals surface area contributed by atoms with Gasteiger partial charge in [-0.15, -0.1) is 0 Å². The molecule has 2 rings (SSSR count). The third-order valence-corrected chi connectivity index (χ3v) is 7.19. The summed E-state index contributed by atoms with van der Waals surface area (Å²) in [5.74, 6) is 0. The van der Waals surface area contributed by atoms with E-state index in [1.165, 1.54) is 0 Å². The van der Waals surface area contributed by atoms with Crippen LogP contribution in [0.4, 0.5) is 0 Å². The molecule has 0 aliphatic heterocycles. The van der Waals surface area contributed by atoms with E-state index in [1.807, 2.05) is 0 Å². The molecule has 2 aromatic carbocycles. The van der Waals surface area contributed by atoms with Crippen LogP contribution in [0.5, 0.6) is 0 Å². The van der Waals surface area contributed by atoms with Gasteiger partial charge >= 0.3 is 0 Å². The molecule has 0 saturated heterocycles. The van der Waals surface area contributed by atoms with Gasteiger partial charge in [-0.2, -0.15) is 34.6 Å². The predicted octanol–water partition coefficient (Wildman–Crippen LogP) is 3.90. The van der Waals surface area contributed by atoms with Crippen molar-refractivity contribution in [3.05, 3.63) is 48.5 Å². The number of rotatable bonds is 2. The molecule has 104 valence electrons. The largest absolute Gasteiger partial charge is 0.214 e. The molecule has 19 heavy (non-hydrogen) atoms. The van der Waals surface area contributed by atoms with E-state index in [9.17, 15) is 0 Å². The maximum absolute atomic E-state index is 2.36. The molecule has 0 aliphatic carbocycles. The molecule has 0 bridgehead atoms. The summed E-state index contributed by atoms with van der Waals surface area (Å²) >= 11 is 0. The minimum Gasteiger partial charge on any atom is -0.214 e. The van der Waals surface area contributed by atoms with Gasteiger partial charge in [0.2, 0.25) is 0 Å². The van der Waals surface area contributed by atoms with Crippen LogP contribution in [0.1, 0.15) is 0 Å². The fraction of sp³-hybridized carbons (Fsp3) is 0.375. The SMILES string of the molecule is C[Si](C)(C)[c-]1cccc1.C[Si](C)(C)[c-]1cccc1.[Hf]. The van der Waals surface area contributed by atoms with Crippen molar-refractivity contribution in [2.75, 3.05) is 0 Å². The van der Waals surface area contributed by atoms with Gasteiger partial charge in [0, 0.05) is 42.0 Å². The summed E-state index contributed by atoms with van der Waals surface area (Å²) < 4.78 is 0. The minimum atomic E-state index is -0.981. The Morgan fingerprint density at radius 1 is 0.526 bits per heavy atom. The second-order valence-corrected chi connectivity index (χ2v) is 17.0. The molecule has 0 unspecified atom stereocenters. The van der Waals surface area contributed by atoms with Crippen LogP contribution >= 0.6 is 0 Å². The maximum atomic E-state index is 2.36. The molecule has 0 atom stereocenters. The zero-order valence-electron chi connectivity index (χ0n) is 13.1. The molecular weight excluding hydrogens is 427 g/mol. The third-order valence-electron chi connectivity index (χ3n) is 3.06. The van der Waals surface area contributed by atoms with Gasteiger partial charge in [-0.25, -0.2) is 24.3 Å². The standard InChI is InChI=1S/2C8H13Si.Hf/c2*1-9(2,3)8-6-4-5-7-8;/h2*4-7H,1-3H3;/q2*-1;. The van der Waals surface area contributed by atoms with Crippen molar-refractivity contribution in [1.29, 1.82) is 0 Å². The zero-order valence-corrected chi connectivity index (χ0v) is 18.7. The molecule has 0 fully saturated rings. The van der Waals surface area contributed by atoms with E-state index in [0.29, 0.717) is 0 Å². The first kappa shape index (κ1) is 19.0. The predicted molar refractivity (Wildman–Crippen MR) is 90.0 cm³/mol. The quantitative estimate of drug-likeness (QED) is 0.479. The van der Waals surface area contributed by atoms with E-state index in [0.717, 1.165) is 0 Å². The summed E-state index contributed by atoms with van der Waals surface area (Å²) in [5, 5.41) is 3.12. The first-order chi connectivity index (χ1) is 8.21. The van der Waals surface area contributed by atoms with E-state index in [1.54, 1.807) is 10.4 Å². The van der Waals surface area contributed by atoms with Crippen molar-refractivity contribution in [1.82, 2.24) is 0 Å². The van der Waals surface area contributed by atoms with Crippen LogP contribution in [-0.4, -0.2) is 16.1 Å². The smallest absolute Gasteiger partial charge is 0.0147 e. The summed E-state index contributed by atoms with van der Waals surface area (Å²) in [6.45, 7) is 14.2. The normalized spacial score (nSPS) is 11.3. The second kappa shape index (κ2) is 7.70. The van der Waals surface area contributed by atoms with Gasteiger partial charge in [-0.1, -0.05) is 39.3 Å². The van der Waals surface area contributed by atoms with Gasteiger partial charge in [0.05, 0.1) is 0 Å². The Labute approximate surface area is 139 Å². The fourth-order valence-electron chi connectivity index (χ4n) is 1.75. The van der Waals surface area contributed by atoms with E-state index in [-0.39, 0.29) is 25.8 Å². The third kappa shape index (κ3) is 6.82. The molecular formula is C16H26HfSi2-2. The van der Waals surface area contributed by atoms with E-state index in [4.69, 9.17) is 0 Å². The summed E-state index contributed by atoms with van der Waals surface area (Å²) in [6, 6.07) is 17.4. The Morgan fingerprint density at radius 3 is 0.842 bits per heavy atom. The Kier molecular flexibility index (Phi) is 7.70. The van der Waals surface area contributed by atoms with Gasteiger partial charge in [0.1, 0.15) is 0 Å². The Morgan fingerprint density at radius 2 is 0.737 bits per heavy atom. The first-order valence-electron chi connectivity index (χ1n) is 6.65. The van der Waals surface area contributed by atoms with Crippen LogP contribution < -0.4 is 10.4 Å². The van der Waals surface area contributed by atoms with Gasteiger partial charge < -0.3 is 0 Å².